The third kappa shape index (κ3) is 3.66. The van der Waals surface area contributed by atoms with E-state index >= 15 is 0 Å². The Morgan fingerprint density at radius 2 is 1.88 bits per heavy atom. The zero-order valence-corrected chi connectivity index (χ0v) is 14.4. The number of anilines is 1. The summed E-state index contributed by atoms with van der Waals surface area (Å²) in [7, 11) is 0. The summed E-state index contributed by atoms with van der Waals surface area (Å²) < 4.78 is 5.77. The molecule has 1 aliphatic rings. The standard InChI is InChI=1S/C19H17N5O2/c1-19(2)15(11-22)17(13(9-20)10-21)26-16(19)8-5-12-3-6-14(7-4-12)24-18(23)25/h3-8,13,16H,1-2H3,(H3,23,24,25). The highest BCUT2D eigenvalue weighted by Gasteiger charge is 2.45. The highest BCUT2D eigenvalue weighted by atomic mass is 16.5. The zero-order chi connectivity index (χ0) is 19.3. The van der Waals surface area contributed by atoms with Gasteiger partial charge in [0.25, 0.3) is 0 Å². The number of carbonyl (C=O) groups is 1. The van der Waals surface area contributed by atoms with Gasteiger partial charge in [-0.25, -0.2) is 4.79 Å². The van der Waals surface area contributed by atoms with Gasteiger partial charge in [-0.3, -0.25) is 0 Å². The van der Waals surface area contributed by atoms with Crippen molar-refractivity contribution in [1.29, 1.82) is 15.8 Å². The lowest BCUT2D eigenvalue weighted by Gasteiger charge is -2.23. The normalized spacial score (nSPS) is 18.1. The summed E-state index contributed by atoms with van der Waals surface area (Å²) in [5.41, 5.74) is 6.13. The number of ether oxygens (including phenoxy) is 1. The highest BCUT2D eigenvalue weighted by molar-refractivity contribution is 5.87. The minimum absolute atomic E-state index is 0.123. The van der Waals surface area contributed by atoms with Gasteiger partial charge in [0.05, 0.1) is 23.8 Å². The Hall–Kier alpha value is -3.76. The van der Waals surface area contributed by atoms with Gasteiger partial charge in [0.1, 0.15) is 11.9 Å². The number of nitrogens with zero attached hydrogens (tertiary/aromatic N) is 3. The van der Waals surface area contributed by atoms with Crippen LogP contribution in [0.2, 0.25) is 0 Å². The lowest BCUT2D eigenvalue weighted by molar-refractivity contribution is 0.111. The number of hydrogen-bond acceptors (Lipinski definition) is 5. The van der Waals surface area contributed by atoms with Crippen molar-refractivity contribution in [2.45, 2.75) is 20.0 Å². The number of primary amides is 1. The van der Waals surface area contributed by atoms with Gasteiger partial charge in [-0.15, -0.1) is 0 Å². The summed E-state index contributed by atoms with van der Waals surface area (Å²) in [5.74, 6) is -0.986. The molecule has 1 aromatic carbocycles. The minimum Gasteiger partial charge on any atom is -0.486 e. The van der Waals surface area contributed by atoms with E-state index in [9.17, 15) is 10.1 Å². The number of benzene rings is 1. The molecule has 26 heavy (non-hydrogen) atoms. The average molecular weight is 347 g/mol. The predicted molar refractivity (Wildman–Crippen MR) is 94.7 cm³/mol. The molecule has 130 valence electrons. The van der Waals surface area contributed by atoms with Crippen LogP contribution < -0.4 is 11.1 Å². The molecule has 2 amide bonds. The summed E-state index contributed by atoms with van der Waals surface area (Å²) in [4.78, 5) is 10.8. The second-order valence-corrected chi connectivity index (χ2v) is 6.27. The van der Waals surface area contributed by atoms with E-state index in [1.807, 2.05) is 32.1 Å². The number of hydrogen-bond donors (Lipinski definition) is 2. The Morgan fingerprint density at radius 1 is 1.27 bits per heavy atom. The van der Waals surface area contributed by atoms with Gasteiger partial charge in [0.2, 0.25) is 0 Å². The van der Waals surface area contributed by atoms with E-state index in [1.54, 1.807) is 30.3 Å². The Bertz CT molecular complexity index is 878. The SMILES string of the molecule is CC1(C)C(C#N)=C(C(C#N)C#N)OC1C=Cc1ccc(NC(N)=O)cc1. The van der Waals surface area contributed by atoms with Gasteiger partial charge < -0.3 is 15.8 Å². The summed E-state index contributed by atoms with van der Waals surface area (Å²) in [6.45, 7) is 3.67. The van der Waals surface area contributed by atoms with Gasteiger partial charge in [-0.05, 0) is 23.8 Å². The van der Waals surface area contributed by atoms with Crippen LogP contribution in [-0.4, -0.2) is 12.1 Å². The van der Waals surface area contributed by atoms with Crippen molar-refractivity contribution in [1.82, 2.24) is 0 Å². The molecular weight excluding hydrogens is 330 g/mol. The second kappa shape index (κ2) is 7.42. The fourth-order valence-corrected chi connectivity index (χ4v) is 2.66. The van der Waals surface area contributed by atoms with Gasteiger partial charge >= 0.3 is 6.03 Å². The molecule has 1 aromatic rings. The number of carbonyl (C=O) groups excluding carboxylic acids is 1. The van der Waals surface area contributed by atoms with E-state index in [4.69, 9.17) is 21.0 Å². The van der Waals surface area contributed by atoms with Crippen LogP contribution in [-0.2, 0) is 4.74 Å². The molecule has 1 aliphatic heterocycles. The van der Waals surface area contributed by atoms with Crippen LogP contribution in [0.25, 0.3) is 6.08 Å². The molecule has 2 rings (SSSR count). The van der Waals surface area contributed by atoms with E-state index in [1.165, 1.54) is 0 Å². The molecule has 0 spiro atoms. The van der Waals surface area contributed by atoms with Crippen molar-refractivity contribution in [3.8, 4) is 18.2 Å². The van der Waals surface area contributed by atoms with E-state index in [0.29, 0.717) is 11.3 Å². The maximum absolute atomic E-state index is 10.8. The smallest absolute Gasteiger partial charge is 0.316 e. The van der Waals surface area contributed by atoms with Crippen molar-refractivity contribution in [2.75, 3.05) is 5.32 Å². The lowest BCUT2D eigenvalue weighted by atomic mass is 9.79. The largest absolute Gasteiger partial charge is 0.486 e. The maximum atomic E-state index is 10.8. The van der Waals surface area contributed by atoms with Crippen molar-refractivity contribution < 1.29 is 9.53 Å². The van der Waals surface area contributed by atoms with Gasteiger partial charge in [-0.1, -0.05) is 32.1 Å². The molecule has 0 aliphatic carbocycles. The quantitative estimate of drug-likeness (QED) is 0.862. The van der Waals surface area contributed by atoms with Crippen LogP contribution in [0.4, 0.5) is 10.5 Å². The predicted octanol–water partition coefficient (Wildman–Crippen LogP) is 3.06. The van der Waals surface area contributed by atoms with E-state index in [0.717, 1.165) is 5.56 Å². The molecule has 0 radical (unpaired) electrons. The molecule has 7 nitrogen and oxygen atoms in total. The molecule has 3 N–H and O–H groups in total. The van der Waals surface area contributed by atoms with Crippen LogP contribution in [0.1, 0.15) is 19.4 Å². The van der Waals surface area contributed by atoms with Crippen molar-refractivity contribution >= 4 is 17.8 Å². The Morgan fingerprint density at radius 3 is 2.38 bits per heavy atom. The Kier molecular flexibility index (Phi) is 5.30. The van der Waals surface area contributed by atoms with Crippen molar-refractivity contribution in [2.24, 2.45) is 17.1 Å². The fourth-order valence-electron chi connectivity index (χ4n) is 2.66. The third-order valence-corrected chi connectivity index (χ3v) is 4.13. The summed E-state index contributed by atoms with van der Waals surface area (Å²) in [6.07, 6.45) is 3.11. The molecular formula is C19H17N5O2. The zero-order valence-electron chi connectivity index (χ0n) is 14.4. The van der Waals surface area contributed by atoms with Gasteiger partial charge in [-0.2, -0.15) is 15.8 Å². The summed E-state index contributed by atoms with van der Waals surface area (Å²) in [5, 5.41) is 30.1. The number of rotatable bonds is 4. The number of amides is 2. The topological polar surface area (TPSA) is 136 Å². The van der Waals surface area contributed by atoms with Crippen LogP contribution in [0, 0.1) is 45.3 Å². The van der Waals surface area contributed by atoms with Crippen molar-refractivity contribution in [3.05, 3.63) is 47.2 Å². The first-order chi connectivity index (χ1) is 12.3. The Labute approximate surface area is 151 Å². The van der Waals surface area contributed by atoms with E-state index < -0.39 is 23.5 Å². The highest BCUT2D eigenvalue weighted by Crippen LogP contribution is 2.44. The summed E-state index contributed by atoms with van der Waals surface area (Å²) >= 11 is 0. The third-order valence-electron chi connectivity index (χ3n) is 4.13. The summed E-state index contributed by atoms with van der Waals surface area (Å²) in [6, 6.07) is 12.1. The second-order valence-electron chi connectivity index (χ2n) is 6.27. The number of urea groups is 1. The van der Waals surface area contributed by atoms with Crippen LogP contribution in [0.15, 0.2) is 41.7 Å². The van der Waals surface area contributed by atoms with Crippen LogP contribution >= 0.6 is 0 Å². The molecule has 7 heteroatoms. The monoisotopic (exact) mass is 347 g/mol. The van der Waals surface area contributed by atoms with E-state index in [2.05, 4.69) is 11.4 Å². The first-order valence-corrected chi connectivity index (χ1v) is 7.78. The minimum atomic E-state index is -1.11. The first kappa shape index (κ1) is 18.6. The number of nitrogens with one attached hydrogen (secondary N) is 1. The molecule has 0 saturated carbocycles. The number of nitrogens with two attached hydrogens (primary N) is 1. The number of nitriles is 3. The number of allylic oxidation sites excluding steroid dienone is 1. The molecule has 1 atom stereocenters. The van der Waals surface area contributed by atoms with Gasteiger partial charge in [0.15, 0.2) is 5.92 Å². The van der Waals surface area contributed by atoms with Crippen LogP contribution in [0.5, 0.6) is 0 Å². The maximum Gasteiger partial charge on any atom is 0.316 e. The molecule has 0 fully saturated rings. The fraction of sp³-hybridized carbons (Fsp3) is 0.263. The molecule has 0 aromatic heterocycles. The van der Waals surface area contributed by atoms with Crippen molar-refractivity contribution in [3.63, 3.8) is 0 Å². The average Bonchev–Trinajstić information content (AvgIpc) is 2.85. The van der Waals surface area contributed by atoms with E-state index in [-0.39, 0.29) is 5.76 Å². The molecule has 0 bridgehead atoms. The molecule has 1 heterocycles. The Balaban J connectivity index is 2.22. The van der Waals surface area contributed by atoms with Gasteiger partial charge in [0, 0.05) is 11.1 Å². The molecule has 1 unspecified atom stereocenters. The van der Waals surface area contributed by atoms with Crippen LogP contribution in [0.3, 0.4) is 0 Å². The first-order valence-electron chi connectivity index (χ1n) is 7.78. The lowest BCUT2D eigenvalue weighted by Crippen LogP contribution is -2.25. The molecule has 0 saturated heterocycles.